The van der Waals surface area contributed by atoms with Gasteiger partial charge in [-0.3, -0.25) is 4.79 Å². The van der Waals surface area contributed by atoms with Gasteiger partial charge < -0.3 is 11.5 Å². The van der Waals surface area contributed by atoms with Gasteiger partial charge in [-0.25, -0.2) is 0 Å². The van der Waals surface area contributed by atoms with Crippen molar-refractivity contribution in [2.24, 2.45) is 5.73 Å². The standard InChI is InChI=1S/C8H10N2O/c9-7(8(10)11)6-4-2-1-3-5-6/h1-5,7H,9H2,(H2,10,11)/p+1/t7-/m1/s1. The average Bonchev–Trinajstić information content (AvgIpc) is 2.05. The lowest BCUT2D eigenvalue weighted by Crippen LogP contribution is -2.59. The average molecular weight is 151 g/mol. The van der Waals surface area contributed by atoms with Gasteiger partial charge in [-0.2, -0.15) is 0 Å². The van der Waals surface area contributed by atoms with Gasteiger partial charge in [-0.15, -0.1) is 0 Å². The van der Waals surface area contributed by atoms with Crippen molar-refractivity contribution in [3.8, 4) is 0 Å². The lowest BCUT2D eigenvalue weighted by molar-refractivity contribution is -0.409. The van der Waals surface area contributed by atoms with Gasteiger partial charge >= 0.3 is 0 Å². The van der Waals surface area contributed by atoms with E-state index in [1.165, 1.54) is 0 Å². The Bertz CT molecular complexity index is 246. The van der Waals surface area contributed by atoms with Crippen LogP contribution in [-0.4, -0.2) is 5.91 Å². The van der Waals surface area contributed by atoms with Gasteiger partial charge in [-0.1, -0.05) is 30.3 Å². The maximum atomic E-state index is 10.7. The monoisotopic (exact) mass is 151 g/mol. The van der Waals surface area contributed by atoms with Crippen molar-refractivity contribution in [1.82, 2.24) is 0 Å². The van der Waals surface area contributed by atoms with Gasteiger partial charge in [0, 0.05) is 5.56 Å². The van der Waals surface area contributed by atoms with E-state index in [1.54, 1.807) is 0 Å². The molecule has 0 radical (unpaired) electrons. The minimum absolute atomic E-state index is 0.392. The van der Waals surface area contributed by atoms with E-state index in [0.717, 1.165) is 5.56 Å². The summed E-state index contributed by atoms with van der Waals surface area (Å²) in [6.07, 6.45) is 0. The first-order valence-corrected chi connectivity index (χ1v) is 3.39. The number of carbonyl (C=O) groups excluding carboxylic acids is 1. The van der Waals surface area contributed by atoms with Gasteiger partial charge in [0.15, 0.2) is 6.04 Å². The quantitative estimate of drug-likeness (QED) is 0.585. The molecular formula is C8H11N2O+. The number of quaternary nitrogens is 1. The van der Waals surface area contributed by atoms with Gasteiger partial charge in [0.25, 0.3) is 5.91 Å². The molecule has 0 saturated heterocycles. The first kappa shape index (κ1) is 7.75. The summed E-state index contributed by atoms with van der Waals surface area (Å²) >= 11 is 0. The smallest absolute Gasteiger partial charge is 0.280 e. The zero-order chi connectivity index (χ0) is 8.27. The van der Waals surface area contributed by atoms with Gasteiger partial charge in [-0.05, 0) is 0 Å². The van der Waals surface area contributed by atoms with Crippen molar-refractivity contribution in [2.45, 2.75) is 6.04 Å². The molecule has 3 heteroatoms. The third kappa shape index (κ3) is 1.78. The highest BCUT2D eigenvalue weighted by Gasteiger charge is 2.14. The minimum Gasteiger partial charge on any atom is -0.364 e. The molecule has 0 bridgehead atoms. The van der Waals surface area contributed by atoms with Crippen LogP contribution in [0.15, 0.2) is 30.3 Å². The van der Waals surface area contributed by atoms with E-state index in [4.69, 9.17) is 5.73 Å². The second-order valence-corrected chi connectivity index (χ2v) is 2.37. The minimum atomic E-state index is -0.434. The van der Waals surface area contributed by atoms with Crippen LogP contribution < -0.4 is 11.5 Å². The Morgan fingerprint density at radius 3 is 2.36 bits per heavy atom. The molecule has 1 rings (SSSR count). The van der Waals surface area contributed by atoms with Gasteiger partial charge in [0.05, 0.1) is 0 Å². The fourth-order valence-corrected chi connectivity index (χ4v) is 0.850. The van der Waals surface area contributed by atoms with Crippen molar-refractivity contribution in [3.05, 3.63) is 35.9 Å². The summed E-state index contributed by atoms with van der Waals surface area (Å²) in [7, 11) is 0. The van der Waals surface area contributed by atoms with Crippen LogP contribution in [0, 0.1) is 0 Å². The van der Waals surface area contributed by atoms with Crippen LogP contribution in [0.2, 0.25) is 0 Å². The van der Waals surface area contributed by atoms with Gasteiger partial charge in [0.1, 0.15) is 0 Å². The van der Waals surface area contributed by atoms with E-state index in [0.29, 0.717) is 0 Å². The van der Waals surface area contributed by atoms with E-state index in [9.17, 15) is 4.79 Å². The molecule has 1 aromatic carbocycles. The molecule has 0 unspecified atom stereocenters. The third-order valence-electron chi connectivity index (χ3n) is 1.55. The number of nitrogens with two attached hydrogens (primary N) is 1. The topological polar surface area (TPSA) is 70.7 Å². The molecule has 1 atom stereocenters. The lowest BCUT2D eigenvalue weighted by atomic mass is 10.1. The number of benzene rings is 1. The van der Waals surface area contributed by atoms with Crippen LogP contribution >= 0.6 is 0 Å². The van der Waals surface area contributed by atoms with Gasteiger partial charge in [0.2, 0.25) is 0 Å². The van der Waals surface area contributed by atoms with Crippen LogP contribution in [-0.2, 0) is 4.79 Å². The molecule has 0 aliphatic rings. The molecule has 3 nitrogen and oxygen atoms in total. The number of rotatable bonds is 2. The second-order valence-electron chi connectivity index (χ2n) is 2.37. The SMILES string of the molecule is NC(=O)[C@H]([NH3+])c1ccccc1. The highest BCUT2D eigenvalue weighted by atomic mass is 16.1. The Morgan fingerprint density at radius 1 is 1.36 bits per heavy atom. The Hall–Kier alpha value is -1.35. The first-order chi connectivity index (χ1) is 5.22. The molecule has 58 valence electrons. The summed E-state index contributed by atoms with van der Waals surface area (Å²) < 4.78 is 0. The Balaban J connectivity index is 2.85. The normalized spacial score (nSPS) is 12.5. The molecule has 0 aliphatic heterocycles. The zero-order valence-electron chi connectivity index (χ0n) is 6.16. The number of carbonyl (C=O) groups is 1. The Labute approximate surface area is 65.0 Å². The first-order valence-electron chi connectivity index (χ1n) is 3.39. The molecular weight excluding hydrogens is 140 g/mol. The summed E-state index contributed by atoms with van der Waals surface area (Å²) in [6, 6.07) is 8.84. The fraction of sp³-hybridized carbons (Fsp3) is 0.125. The molecule has 0 aliphatic carbocycles. The molecule has 1 amide bonds. The van der Waals surface area contributed by atoms with Crippen molar-refractivity contribution in [3.63, 3.8) is 0 Å². The Kier molecular flexibility index (Phi) is 2.23. The summed E-state index contributed by atoms with van der Waals surface area (Å²) in [6.45, 7) is 0. The molecule has 0 fully saturated rings. The van der Waals surface area contributed by atoms with Crippen molar-refractivity contribution in [1.29, 1.82) is 0 Å². The van der Waals surface area contributed by atoms with Crippen LogP contribution in [0.3, 0.4) is 0 Å². The van der Waals surface area contributed by atoms with Crippen molar-refractivity contribution < 1.29 is 10.5 Å². The van der Waals surface area contributed by atoms with E-state index in [1.807, 2.05) is 30.3 Å². The number of amides is 1. The highest BCUT2D eigenvalue weighted by Crippen LogP contribution is 2.05. The Morgan fingerprint density at radius 2 is 1.91 bits per heavy atom. The lowest BCUT2D eigenvalue weighted by Gasteiger charge is -2.02. The van der Waals surface area contributed by atoms with E-state index in [2.05, 4.69) is 5.73 Å². The summed E-state index contributed by atoms with van der Waals surface area (Å²) in [5.74, 6) is -0.392. The summed E-state index contributed by atoms with van der Waals surface area (Å²) in [5.41, 5.74) is 9.56. The molecule has 1 aromatic rings. The zero-order valence-corrected chi connectivity index (χ0v) is 6.16. The van der Waals surface area contributed by atoms with E-state index in [-0.39, 0.29) is 0 Å². The molecule has 0 heterocycles. The molecule has 11 heavy (non-hydrogen) atoms. The largest absolute Gasteiger partial charge is 0.364 e. The fourth-order valence-electron chi connectivity index (χ4n) is 0.850. The van der Waals surface area contributed by atoms with E-state index < -0.39 is 11.9 Å². The van der Waals surface area contributed by atoms with Crippen molar-refractivity contribution in [2.75, 3.05) is 0 Å². The summed E-state index contributed by atoms with van der Waals surface area (Å²) in [4.78, 5) is 10.7. The maximum Gasteiger partial charge on any atom is 0.280 e. The van der Waals surface area contributed by atoms with Crippen molar-refractivity contribution >= 4 is 5.91 Å². The van der Waals surface area contributed by atoms with Crippen LogP contribution in [0.5, 0.6) is 0 Å². The predicted octanol–water partition coefficient (Wildman–Crippen LogP) is -0.545. The number of primary amides is 1. The molecule has 5 N–H and O–H groups in total. The third-order valence-corrected chi connectivity index (χ3v) is 1.55. The van der Waals surface area contributed by atoms with Crippen LogP contribution in [0.1, 0.15) is 11.6 Å². The summed E-state index contributed by atoms with van der Waals surface area (Å²) in [5, 5.41) is 0. The molecule has 0 saturated carbocycles. The second kappa shape index (κ2) is 3.16. The maximum absolute atomic E-state index is 10.7. The van der Waals surface area contributed by atoms with Crippen LogP contribution in [0.4, 0.5) is 0 Å². The molecule has 0 spiro atoms. The molecule has 0 aromatic heterocycles. The number of hydrogen-bond donors (Lipinski definition) is 2. The number of hydrogen-bond acceptors (Lipinski definition) is 1. The predicted molar refractivity (Wildman–Crippen MR) is 41.3 cm³/mol. The highest BCUT2D eigenvalue weighted by molar-refractivity contribution is 5.79. The van der Waals surface area contributed by atoms with Crippen LogP contribution in [0.25, 0.3) is 0 Å². The van der Waals surface area contributed by atoms with E-state index >= 15 is 0 Å².